The monoisotopic (exact) mass is 300 g/mol. The fourth-order valence-corrected chi connectivity index (χ4v) is 3.22. The molecule has 0 saturated heterocycles. The van der Waals surface area contributed by atoms with Crippen LogP contribution in [-0.4, -0.2) is 26.1 Å². The average Bonchev–Trinajstić information content (AvgIpc) is 2.45. The topological polar surface area (TPSA) is 65.2 Å². The van der Waals surface area contributed by atoms with Crippen molar-refractivity contribution in [3.63, 3.8) is 0 Å². The van der Waals surface area contributed by atoms with Crippen LogP contribution in [0.15, 0.2) is 36.4 Å². The van der Waals surface area contributed by atoms with Crippen molar-refractivity contribution in [2.45, 2.75) is 19.6 Å². The van der Waals surface area contributed by atoms with Crippen LogP contribution in [0.3, 0.4) is 0 Å². The van der Waals surface area contributed by atoms with Crippen LogP contribution >= 0.6 is 0 Å². The Morgan fingerprint density at radius 1 is 1.14 bits per heavy atom. The van der Waals surface area contributed by atoms with E-state index in [2.05, 4.69) is 36.8 Å². The summed E-state index contributed by atoms with van der Waals surface area (Å²) in [4.78, 5) is 15.9. The summed E-state index contributed by atoms with van der Waals surface area (Å²) in [6.45, 7) is 6.91. The van der Waals surface area contributed by atoms with Crippen molar-refractivity contribution in [2.75, 3.05) is 12.8 Å². The van der Waals surface area contributed by atoms with E-state index >= 15 is 0 Å². The standard InChI is InChI=1S/C16H20N2O2Si/c1-20-16(19)15-10-12(17)9-14(18-15)11-5-7-13(8-6-11)21(2,3)4/h5-10H,1-4H3,(H2,17,18). The van der Waals surface area contributed by atoms with E-state index in [9.17, 15) is 4.79 Å². The first-order valence-electron chi connectivity index (χ1n) is 6.78. The minimum atomic E-state index is -1.32. The Morgan fingerprint density at radius 3 is 2.29 bits per heavy atom. The fraction of sp³-hybridized carbons (Fsp3) is 0.250. The quantitative estimate of drug-likeness (QED) is 0.699. The molecule has 0 aliphatic rings. The lowest BCUT2D eigenvalue weighted by molar-refractivity contribution is 0.0594. The van der Waals surface area contributed by atoms with Gasteiger partial charge in [-0.05, 0) is 12.1 Å². The normalized spacial score (nSPS) is 11.2. The first-order valence-corrected chi connectivity index (χ1v) is 10.3. The van der Waals surface area contributed by atoms with Crippen molar-refractivity contribution in [1.29, 1.82) is 0 Å². The molecule has 4 nitrogen and oxygen atoms in total. The van der Waals surface area contributed by atoms with Crippen molar-refractivity contribution >= 4 is 24.9 Å². The van der Waals surface area contributed by atoms with Crippen LogP contribution in [0.4, 0.5) is 5.69 Å². The molecule has 0 aliphatic heterocycles. The van der Waals surface area contributed by atoms with Crippen molar-refractivity contribution in [1.82, 2.24) is 4.98 Å². The number of benzene rings is 1. The SMILES string of the molecule is COC(=O)c1cc(N)cc(-c2ccc([Si](C)(C)C)cc2)n1. The summed E-state index contributed by atoms with van der Waals surface area (Å²) in [5.74, 6) is -0.484. The molecule has 2 rings (SSSR count). The number of hydrogen-bond acceptors (Lipinski definition) is 4. The van der Waals surface area contributed by atoms with Crippen molar-refractivity contribution < 1.29 is 9.53 Å². The van der Waals surface area contributed by atoms with Gasteiger partial charge in [0.05, 0.1) is 20.9 Å². The summed E-state index contributed by atoms with van der Waals surface area (Å²) in [5, 5.41) is 1.38. The third kappa shape index (κ3) is 3.49. The molecule has 0 bridgehead atoms. The number of carbonyl (C=O) groups excluding carboxylic acids is 1. The minimum Gasteiger partial charge on any atom is -0.464 e. The highest BCUT2D eigenvalue weighted by molar-refractivity contribution is 6.88. The second kappa shape index (κ2) is 5.69. The van der Waals surface area contributed by atoms with Gasteiger partial charge in [0.25, 0.3) is 0 Å². The molecule has 1 aromatic carbocycles. The summed E-state index contributed by atoms with van der Waals surface area (Å²) in [5.41, 5.74) is 8.18. The van der Waals surface area contributed by atoms with E-state index in [1.54, 1.807) is 6.07 Å². The van der Waals surface area contributed by atoms with E-state index in [0.29, 0.717) is 11.4 Å². The van der Waals surface area contributed by atoms with Crippen LogP contribution in [-0.2, 0) is 4.74 Å². The largest absolute Gasteiger partial charge is 0.464 e. The van der Waals surface area contributed by atoms with Crippen molar-refractivity contribution in [3.8, 4) is 11.3 Å². The van der Waals surface area contributed by atoms with Crippen LogP contribution in [0.5, 0.6) is 0 Å². The van der Waals surface area contributed by atoms with E-state index in [0.717, 1.165) is 5.56 Å². The zero-order valence-electron chi connectivity index (χ0n) is 12.8. The van der Waals surface area contributed by atoms with E-state index in [1.165, 1.54) is 18.4 Å². The van der Waals surface area contributed by atoms with Crippen LogP contribution in [0.25, 0.3) is 11.3 Å². The Kier molecular flexibility index (Phi) is 4.13. The molecule has 0 fully saturated rings. The van der Waals surface area contributed by atoms with Crippen LogP contribution in [0.2, 0.25) is 19.6 Å². The molecule has 5 heteroatoms. The molecule has 110 valence electrons. The minimum absolute atomic E-state index is 0.224. The van der Waals surface area contributed by atoms with Crippen molar-refractivity contribution in [3.05, 3.63) is 42.1 Å². The van der Waals surface area contributed by atoms with Crippen LogP contribution < -0.4 is 10.9 Å². The Balaban J connectivity index is 2.42. The smallest absolute Gasteiger partial charge is 0.356 e. The summed E-state index contributed by atoms with van der Waals surface area (Å²) >= 11 is 0. The number of nitrogens with zero attached hydrogens (tertiary/aromatic N) is 1. The number of anilines is 1. The van der Waals surface area contributed by atoms with E-state index < -0.39 is 14.0 Å². The molecule has 0 radical (unpaired) electrons. The number of ether oxygens (including phenoxy) is 1. The van der Waals surface area contributed by atoms with E-state index in [1.807, 2.05) is 12.1 Å². The third-order valence-corrected chi connectivity index (χ3v) is 5.35. The maximum atomic E-state index is 11.6. The number of nitrogen functional groups attached to an aromatic ring is 1. The Hall–Kier alpha value is -2.14. The van der Waals surface area contributed by atoms with Crippen LogP contribution in [0.1, 0.15) is 10.5 Å². The van der Waals surface area contributed by atoms with Gasteiger partial charge in [0.15, 0.2) is 5.69 Å². The molecule has 0 aliphatic carbocycles. The number of aromatic nitrogens is 1. The lowest BCUT2D eigenvalue weighted by Gasteiger charge is -2.16. The summed E-state index contributed by atoms with van der Waals surface area (Å²) in [7, 11) is 0.00710. The van der Waals surface area contributed by atoms with Gasteiger partial charge in [0, 0.05) is 11.3 Å². The maximum Gasteiger partial charge on any atom is 0.356 e. The molecule has 0 atom stereocenters. The summed E-state index contributed by atoms with van der Waals surface area (Å²) < 4.78 is 4.69. The highest BCUT2D eigenvalue weighted by Crippen LogP contribution is 2.20. The zero-order chi connectivity index (χ0) is 15.6. The molecule has 0 spiro atoms. The Labute approximate surface area is 126 Å². The van der Waals surface area contributed by atoms with Gasteiger partial charge in [-0.2, -0.15) is 0 Å². The molecule has 0 saturated carbocycles. The van der Waals surface area contributed by atoms with E-state index in [4.69, 9.17) is 10.5 Å². The third-order valence-electron chi connectivity index (χ3n) is 3.29. The number of rotatable bonds is 3. The van der Waals surface area contributed by atoms with Gasteiger partial charge in [-0.15, -0.1) is 0 Å². The second-order valence-electron chi connectivity index (χ2n) is 5.99. The number of hydrogen-bond donors (Lipinski definition) is 1. The first kappa shape index (κ1) is 15.2. The lowest BCUT2D eigenvalue weighted by Crippen LogP contribution is -2.37. The number of pyridine rings is 1. The van der Waals surface area contributed by atoms with Gasteiger partial charge in [0.1, 0.15) is 0 Å². The fourth-order valence-electron chi connectivity index (χ4n) is 2.05. The lowest BCUT2D eigenvalue weighted by atomic mass is 10.1. The summed E-state index contributed by atoms with van der Waals surface area (Å²) in [6.07, 6.45) is 0. The molecule has 0 unspecified atom stereocenters. The van der Waals surface area contributed by atoms with Crippen molar-refractivity contribution in [2.24, 2.45) is 0 Å². The van der Waals surface area contributed by atoms with Gasteiger partial charge in [-0.1, -0.05) is 49.1 Å². The van der Waals surface area contributed by atoms with E-state index in [-0.39, 0.29) is 5.69 Å². The molecular weight excluding hydrogens is 280 g/mol. The average molecular weight is 300 g/mol. The van der Waals surface area contributed by atoms with Gasteiger partial charge in [-0.25, -0.2) is 9.78 Å². The first-order chi connectivity index (χ1) is 9.81. The molecular formula is C16H20N2O2Si. The van der Waals surface area contributed by atoms with Crippen LogP contribution in [0, 0.1) is 0 Å². The number of carbonyl (C=O) groups is 1. The highest BCUT2D eigenvalue weighted by atomic mass is 28.3. The Morgan fingerprint density at radius 2 is 1.76 bits per heavy atom. The second-order valence-corrected chi connectivity index (χ2v) is 11.1. The van der Waals surface area contributed by atoms with Gasteiger partial charge in [0.2, 0.25) is 0 Å². The van der Waals surface area contributed by atoms with Gasteiger partial charge < -0.3 is 10.5 Å². The number of methoxy groups -OCH3 is 1. The van der Waals surface area contributed by atoms with Gasteiger partial charge >= 0.3 is 5.97 Å². The Bertz CT molecular complexity index is 661. The molecule has 21 heavy (non-hydrogen) atoms. The molecule has 2 aromatic rings. The zero-order valence-corrected chi connectivity index (χ0v) is 13.8. The summed E-state index contributed by atoms with van der Waals surface area (Å²) in [6, 6.07) is 11.6. The molecule has 0 amide bonds. The number of esters is 1. The predicted molar refractivity (Wildman–Crippen MR) is 88.4 cm³/mol. The van der Waals surface area contributed by atoms with Gasteiger partial charge in [-0.3, -0.25) is 0 Å². The molecule has 1 heterocycles. The molecule has 2 N–H and O–H groups in total. The maximum absolute atomic E-state index is 11.6. The highest BCUT2D eigenvalue weighted by Gasteiger charge is 2.16. The molecule has 1 aromatic heterocycles. The number of nitrogens with two attached hydrogens (primary N) is 1. The predicted octanol–water partition coefficient (Wildman–Crippen LogP) is 2.66.